The molecular weight excluding hydrogens is 451 g/mol. The monoisotopic (exact) mass is 476 g/mol. The summed E-state index contributed by atoms with van der Waals surface area (Å²) >= 11 is 1.75. The van der Waals surface area contributed by atoms with E-state index in [0.717, 1.165) is 12.2 Å². The average molecular weight is 476 g/mol. The average Bonchev–Trinajstić information content (AvgIpc) is 3.20. The molecule has 2 aromatic rings. The van der Waals surface area contributed by atoms with Crippen molar-refractivity contribution in [2.45, 2.75) is 19.9 Å². The highest BCUT2D eigenvalue weighted by molar-refractivity contribution is 14.0. The normalized spacial score (nSPS) is 10.9. The van der Waals surface area contributed by atoms with Gasteiger partial charge in [0, 0.05) is 36.8 Å². The van der Waals surface area contributed by atoms with Gasteiger partial charge < -0.3 is 20.0 Å². The Labute approximate surface area is 169 Å². The van der Waals surface area contributed by atoms with Crippen molar-refractivity contribution < 1.29 is 9.21 Å². The second-order valence-electron chi connectivity index (χ2n) is 5.58. The predicted molar refractivity (Wildman–Crippen MR) is 113 cm³/mol. The van der Waals surface area contributed by atoms with Crippen LogP contribution in [0.5, 0.6) is 0 Å². The summed E-state index contributed by atoms with van der Waals surface area (Å²) in [5, 5.41) is 6.51. The number of thiophene rings is 1. The van der Waals surface area contributed by atoms with E-state index in [0.29, 0.717) is 19.0 Å². The molecule has 0 unspecified atom stereocenters. The van der Waals surface area contributed by atoms with Gasteiger partial charge in [-0.15, -0.1) is 35.3 Å². The van der Waals surface area contributed by atoms with Gasteiger partial charge in [0.05, 0.1) is 12.8 Å². The lowest BCUT2D eigenvalue weighted by atomic mass is 10.3. The van der Waals surface area contributed by atoms with Crippen molar-refractivity contribution in [2.75, 3.05) is 27.2 Å². The van der Waals surface area contributed by atoms with Crippen LogP contribution in [0.4, 0.5) is 0 Å². The first-order valence-corrected chi connectivity index (χ1v) is 8.66. The lowest BCUT2D eigenvalue weighted by Gasteiger charge is -2.13. The number of hydrogen-bond acceptors (Lipinski definition) is 4. The molecule has 0 saturated heterocycles. The molecule has 0 radical (unpaired) electrons. The summed E-state index contributed by atoms with van der Waals surface area (Å²) in [4.78, 5) is 20.1. The number of likely N-dealkylation sites (N-methyl/N-ethyl adjacent to an activating group) is 1. The number of aryl methyl sites for hydroxylation is 1. The molecule has 0 fully saturated rings. The first-order chi connectivity index (χ1) is 11.5. The highest BCUT2D eigenvalue weighted by Crippen LogP contribution is 2.14. The SMILES string of the molecule is Cc1ccc(CNC(=NCC(=O)N(C)C)NCCc2ccco2)s1.I. The molecule has 0 aliphatic carbocycles. The number of hydrogen-bond donors (Lipinski definition) is 2. The van der Waals surface area contributed by atoms with E-state index < -0.39 is 0 Å². The Hall–Kier alpha value is -1.55. The van der Waals surface area contributed by atoms with Crippen molar-refractivity contribution in [1.82, 2.24) is 15.5 Å². The number of aliphatic imine (C=N–C) groups is 1. The lowest BCUT2D eigenvalue weighted by Crippen LogP contribution is -2.39. The molecular formula is C17H25IN4O2S. The lowest BCUT2D eigenvalue weighted by molar-refractivity contribution is -0.127. The molecule has 0 aliphatic heterocycles. The molecule has 8 heteroatoms. The van der Waals surface area contributed by atoms with Crippen LogP contribution in [0.15, 0.2) is 39.9 Å². The maximum absolute atomic E-state index is 11.7. The summed E-state index contributed by atoms with van der Waals surface area (Å²) in [7, 11) is 3.45. The summed E-state index contributed by atoms with van der Waals surface area (Å²) in [6.07, 6.45) is 2.42. The van der Waals surface area contributed by atoms with Crippen LogP contribution >= 0.6 is 35.3 Å². The zero-order chi connectivity index (χ0) is 17.4. The number of carbonyl (C=O) groups is 1. The van der Waals surface area contributed by atoms with Gasteiger partial charge in [-0.1, -0.05) is 0 Å². The quantitative estimate of drug-likeness (QED) is 0.366. The highest BCUT2D eigenvalue weighted by Gasteiger charge is 2.06. The zero-order valence-corrected chi connectivity index (χ0v) is 17.9. The maximum Gasteiger partial charge on any atom is 0.243 e. The number of rotatable bonds is 7. The van der Waals surface area contributed by atoms with Gasteiger partial charge in [0.2, 0.25) is 5.91 Å². The second kappa shape index (κ2) is 11.1. The third kappa shape index (κ3) is 7.91. The molecule has 1 amide bonds. The highest BCUT2D eigenvalue weighted by atomic mass is 127. The van der Waals surface area contributed by atoms with Crippen LogP contribution in [0.2, 0.25) is 0 Å². The summed E-state index contributed by atoms with van der Waals surface area (Å²) in [5.41, 5.74) is 0. The smallest absolute Gasteiger partial charge is 0.243 e. The van der Waals surface area contributed by atoms with Gasteiger partial charge in [-0.2, -0.15) is 0 Å². The van der Waals surface area contributed by atoms with Crippen molar-refractivity contribution in [3.8, 4) is 0 Å². The predicted octanol–water partition coefficient (Wildman–Crippen LogP) is 2.63. The van der Waals surface area contributed by atoms with Crippen molar-refractivity contribution in [3.05, 3.63) is 46.0 Å². The third-order valence-electron chi connectivity index (χ3n) is 3.34. The van der Waals surface area contributed by atoms with Gasteiger partial charge in [0.1, 0.15) is 12.3 Å². The molecule has 2 heterocycles. The van der Waals surface area contributed by atoms with E-state index in [9.17, 15) is 4.79 Å². The minimum atomic E-state index is -0.0332. The van der Waals surface area contributed by atoms with E-state index in [1.54, 1.807) is 31.7 Å². The zero-order valence-electron chi connectivity index (χ0n) is 14.7. The van der Waals surface area contributed by atoms with Gasteiger partial charge in [-0.05, 0) is 31.2 Å². The minimum absolute atomic E-state index is 0. The standard InChI is InChI=1S/C17H24N4O2S.HI/c1-13-6-7-15(24-13)11-19-17(20-12-16(22)21(2)3)18-9-8-14-5-4-10-23-14;/h4-7,10H,8-9,11-12H2,1-3H3,(H2,18,19,20);1H. The fourth-order valence-corrected chi connectivity index (χ4v) is 2.80. The van der Waals surface area contributed by atoms with Crippen LogP contribution in [0, 0.1) is 6.92 Å². The van der Waals surface area contributed by atoms with Crippen molar-refractivity contribution in [3.63, 3.8) is 0 Å². The van der Waals surface area contributed by atoms with Crippen LogP contribution in [0.1, 0.15) is 15.5 Å². The molecule has 138 valence electrons. The number of nitrogens with zero attached hydrogens (tertiary/aromatic N) is 2. The topological polar surface area (TPSA) is 69.9 Å². The number of carbonyl (C=O) groups excluding carboxylic acids is 1. The van der Waals surface area contributed by atoms with E-state index in [1.807, 2.05) is 12.1 Å². The molecule has 2 rings (SSSR count). The Bertz CT molecular complexity index is 668. The Morgan fingerprint density at radius 1 is 1.28 bits per heavy atom. The summed E-state index contributed by atoms with van der Waals surface area (Å²) in [6.45, 7) is 3.56. The van der Waals surface area contributed by atoms with Crippen LogP contribution in [0.25, 0.3) is 0 Å². The van der Waals surface area contributed by atoms with E-state index >= 15 is 0 Å². The molecule has 0 spiro atoms. The number of halogens is 1. The first kappa shape index (κ1) is 21.5. The number of guanidine groups is 1. The number of furan rings is 1. The van der Waals surface area contributed by atoms with Gasteiger partial charge in [-0.3, -0.25) is 4.79 Å². The molecule has 0 aliphatic rings. The fraction of sp³-hybridized carbons (Fsp3) is 0.412. The second-order valence-corrected chi connectivity index (χ2v) is 6.95. The van der Waals surface area contributed by atoms with Crippen LogP contribution in [-0.4, -0.2) is 44.0 Å². The van der Waals surface area contributed by atoms with Gasteiger partial charge >= 0.3 is 0 Å². The van der Waals surface area contributed by atoms with Gasteiger partial charge in [0.25, 0.3) is 0 Å². The van der Waals surface area contributed by atoms with Crippen molar-refractivity contribution in [2.24, 2.45) is 4.99 Å². The summed E-state index contributed by atoms with van der Waals surface area (Å²) in [6, 6.07) is 8.00. The van der Waals surface area contributed by atoms with E-state index in [2.05, 4.69) is 34.7 Å². The Kier molecular flexibility index (Phi) is 9.58. The molecule has 2 N–H and O–H groups in total. The third-order valence-corrected chi connectivity index (χ3v) is 4.34. The van der Waals surface area contributed by atoms with Crippen LogP contribution in [-0.2, 0) is 17.8 Å². The fourth-order valence-electron chi connectivity index (χ4n) is 1.97. The van der Waals surface area contributed by atoms with Crippen molar-refractivity contribution in [1.29, 1.82) is 0 Å². The largest absolute Gasteiger partial charge is 0.469 e. The Balaban J connectivity index is 0.00000312. The molecule has 0 bridgehead atoms. The molecule has 6 nitrogen and oxygen atoms in total. The van der Waals surface area contributed by atoms with E-state index in [1.165, 1.54) is 14.7 Å². The first-order valence-electron chi connectivity index (χ1n) is 7.84. The molecule has 0 saturated carbocycles. The maximum atomic E-state index is 11.7. The minimum Gasteiger partial charge on any atom is -0.469 e. The number of nitrogens with one attached hydrogen (secondary N) is 2. The number of amides is 1. The molecule has 0 atom stereocenters. The molecule has 2 aromatic heterocycles. The summed E-state index contributed by atoms with van der Waals surface area (Å²) < 4.78 is 5.32. The van der Waals surface area contributed by atoms with Gasteiger partial charge in [-0.25, -0.2) is 4.99 Å². The summed E-state index contributed by atoms with van der Waals surface area (Å²) in [5.74, 6) is 1.51. The van der Waals surface area contributed by atoms with Gasteiger partial charge in [0.15, 0.2) is 5.96 Å². The van der Waals surface area contributed by atoms with Crippen LogP contribution < -0.4 is 10.6 Å². The molecule has 25 heavy (non-hydrogen) atoms. The van der Waals surface area contributed by atoms with Crippen molar-refractivity contribution >= 4 is 47.2 Å². The molecule has 0 aromatic carbocycles. The Morgan fingerprint density at radius 2 is 2.08 bits per heavy atom. The van der Waals surface area contributed by atoms with E-state index in [-0.39, 0.29) is 36.4 Å². The van der Waals surface area contributed by atoms with Crippen LogP contribution in [0.3, 0.4) is 0 Å². The Morgan fingerprint density at radius 3 is 2.68 bits per heavy atom. The van der Waals surface area contributed by atoms with E-state index in [4.69, 9.17) is 4.42 Å².